The summed E-state index contributed by atoms with van der Waals surface area (Å²) in [4.78, 5) is 13.5. The normalized spacial score (nSPS) is 26.0. The van der Waals surface area contributed by atoms with E-state index in [1.54, 1.807) is 0 Å². The molecule has 0 aromatic heterocycles. The van der Waals surface area contributed by atoms with E-state index in [1.165, 1.54) is 16.8 Å². The molecule has 2 heterocycles. The van der Waals surface area contributed by atoms with E-state index < -0.39 is 5.97 Å². The van der Waals surface area contributed by atoms with Crippen LogP contribution in [0.3, 0.4) is 0 Å². The van der Waals surface area contributed by atoms with Gasteiger partial charge in [-0.3, -0.25) is 4.79 Å². The molecular formula is C16H22N2O3. The van der Waals surface area contributed by atoms with Crippen LogP contribution in [0.1, 0.15) is 23.6 Å². The number of benzene rings is 1. The van der Waals surface area contributed by atoms with Crippen LogP contribution in [0, 0.1) is 12.8 Å². The zero-order chi connectivity index (χ0) is 14.8. The number of nitrogens with zero attached hydrogens (tertiary/aromatic N) is 1. The van der Waals surface area contributed by atoms with Crippen molar-refractivity contribution >= 4 is 11.7 Å². The fraction of sp³-hybridized carbons (Fsp3) is 0.562. The Morgan fingerprint density at radius 2 is 2.14 bits per heavy atom. The predicted octanol–water partition coefficient (Wildman–Crippen LogP) is 1.57. The number of ether oxygens (including phenoxy) is 1. The van der Waals surface area contributed by atoms with Crippen molar-refractivity contribution in [1.82, 2.24) is 5.32 Å². The maximum atomic E-state index is 11.2. The van der Waals surface area contributed by atoms with Gasteiger partial charge >= 0.3 is 5.97 Å². The number of carboxylic acids is 1. The Morgan fingerprint density at radius 3 is 2.81 bits per heavy atom. The number of anilines is 1. The molecule has 2 atom stereocenters. The van der Waals surface area contributed by atoms with Crippen LogP contribution in [-0.4, -0.2) is 43.9 Å². The minimum Gasteiger partial charge on any atom is -0.481 e. The van der Waals surface area contributed by atoms with E-state index in [0.717, 1.165) is 26.3 Å². The third-order valence-corrected chi connectivity index (χ3v) is 4.39. The highest BCUT2D eigenvalue weighted by Crippen LogP contribution is 2.34. The first-order valence-corrected chi connectivity index (χ1v) is 7.54. The lowest BCUT2D eigenvalue weighted by Gasteiger charge is -2.32. The van der Waals surface area contributed by atoms with E-state index in [9.17, 15) is 9.90 Å². The molecule has 2 N–H and O–H groups in total. The molecule has 0 amide bonds. The third-order valence-electron chi connectivity index (χ3n) is 4.39. The number of aryl methyl sites for hydroxylation is 1. The number of hydrogen-bond donors (Lipinski definition) is 2. The van der Waals surface area contributed by atoms with Gasteiger partial charge in [-0.2, -0.15) is 0 Å². The van der Waals surface area contributed by atoms with Crippen molar-refractivity contribution in [1.29, 1.82) is 0 Å². The van der Waals surface area contributed by atoms with Gasteiger partial charge in [-0.05, 0) is 25.0 Å². The maximum absolute atomic E-state index is 11.2. The topological polar surface area (TPSA) is 61.8 Å². The highest BCUT2D eigenvalue weighted by atomic mass is 16.5. The standard InChI is InChI=1S/C16H22N2O3/c1-11-2-3-15(18-4-6-21-7-5-18)13(8-11)14-9-12(10-17-14)16(19)20/h2-3,8,12,14,17H,4-7,9-10H2,1H3,(H,19,20). The Hall–Kier alpha value is -1.59. The quantitative estimate of drug-likeness (QED) is 0.885. The minimum absolute atomic E-state index is 0.129. The molecule has 114 valence electrons. The number of carbonyl (C=O) groups is 1. The zero-order valence-corrected chi connectivity index (χ0v) is 12.3. The van der Waals surface area contributed by atoms with Crippen LogP contribution in [0.2, 0.25) is 0 Å². The Morgan fingerprint density at radius 1 is 1.38 bits per heavy atom. The molecule has 21 heavy (non-hydrogen) atoms. The van der Waals surface area contributed by atoms with E-state index in [1.807, 2.05) is 0 Å². The molecule has 2 fully saturated rings. The van der Waals surface area contributed by atoms with Gasteiger partial charge in [0, 0.05) is 31.4 Å². The van der Waals surface area contributed by atoms with Gasteiger partial charge in [0.1, 0.15) is 0 Å². The highest BCUT2D eigenvalue weighted by Gasteiger charge is 2.32. The fourth-order valence-corrected chi connectivity index (χ4v) is 3.21. The van der Waals surface area contributed by atoms with E-state index in [0.29, 0.717) is 13.0 Å². The first kappa shape index (κ1) is 14.4. The summed E-state index contributed by atoms with van der Waals surface area (Å²) in [5.74, 6) is -0.987. The Labute approximate surface area is 124 Å². The summed E-state index contributed by atoms with van der Waals surface area (Å²) >= 11 is 0. The van der Waals surface area contributed by atoms with E-state index in [2.05, 4.69) is 35.3 Å². The van der Waals surface area contributed by atoms with Crippen molar-refractivity contribution in [3.8, 4) is 0 Å². The summed E-state index contributed by atoms with van der Waals surface area (Å²) < 4.78 is 5.42. The number of morpholine rings is 1. The molecule has 2 unspecified atom stereocenters. The van der Waals surface area contributed by atoms with Crippen molar-refractivity contribution in [2.45, 2.75) is 19.4 Å². The van der Waals surface area contributed by atoms with Crippen molar-refractivity contribution in [3.05, 3.63) is 29.3 Å². The fourth-order valence-electron chi connectivity index (χ4n) is 3.21. The number of rotatable bonds is 3. The average Bonchev–Trinajstić information content (AvgIpc) is 2.98. The molecule has 2 saturated heterocycles. The number of carboxylic acid groups (broad SMARTS) is 1. The molecule has 0 aliphatic carbocycles. The lowest BCUT2D eigenvalue weighted by molar-refractivity contribution is -0.141. The molecule has 0 radical (unpaired) electrons. The summed E-state index contributed by atoms with van der Waals surface area (Å²) in [5, 5.41) is 12.6. The van der Waals surface area contributed by atoms with E-state index in [4.69, 9.17) is 4.74 Å². The van der Waals surface area contributed by atoms with E-state index >= 15 is 0 Å². The molecule has 2 aliphatic rings. The Kier molecular flexibility index (Phi) is 4.12. The molecule has 0 spiro atoms. The summed E-state index contributed by atoms with van der Waals surface area (Å²) in [7, 11) is 0. The molecule has 1 aromatic rings. The molecule has 0 saturated carbocycles. The first-order valence-electron chi connectivity index (χ1n) is 7.54. The second-order valence-corrected chi connectivity index (χ2v) is 5.89. The van der Waals surface area contributed by atoms with Gasteiger partial charge in [0.25, 0.3) is 0 Å². The number of nitrogens with one attached hydrogen (secondary N) is 1. The summed E-state index contributed by atoms with van der Waals surface area (Å²) in [6.45, 7) is 5.93. The van der Waals surface area contributed by atoms with Crippen LogP contribution in [0.25, 0.3) is 0 Å². The van der Waals surface area contributed by atoms with Crippen LogP contribution >= 0.6 is 0 Å². The van der Waals surface area contributed by atoms with Crippen molar-refractivity contribution in [2.75, 3.05) is 37.7 Å². The second kappa shape index (κ2) is 6.03. The van der Waals surface area contributed by atoms with Crippen LogP contribution in [0.15, 0.2) is 18.2 Å². The molecule has 2 aliphatic heterocycles. The smallest absolute Gasteiger partial charge is 0.307 e. The van der Waals surface area contributed by atoms with Gasteiger partial charge in [0.05, 0.1) is 19.1 Å². The van der Waals surface area contributed by atoms with Crippen molar-refractivity contribution in [2.24, 2.45) is 5.92 Å². The molecule has 3 rings (SSSR count). The second-order valence-electron chi connectivity index (χ2n) is 5.89. The van der Waals surface area contributed by atoms with Crippen LogP contribution in [0.4, 0.5) is 5.69 Å². The van der Waals surface area contributed by atoms with Gasteiger partial charge in [-0.25, -0.2) is 0 Å². The lowest BCUT2D eigenvalue weighted by Crippen LogP contribution is -2.37. The third kappa shape index (κ3) is 3.04. The first-order chi connectivity index (χ1) is 10.1. The minimum atomic E-state index is -0.703. The predicted molar refractivity (Wildman–Crippen MR) is 80.7 cm³/mol. The van der Waals surface area contributed by atoms with Gasteiger partial charge in [-0.1, -0.05) is 17.7 Å². The Balaban J connectivity index is 1.86. The Bertz CT molecular complexity index is 526. The molecular weight excluding hydrogens is 268 g/mol. The van der Waals surface area contributed by atoms with Crippen molar-refractivity contribution in [3.63, 3.8) is 0 Å². The summed E-state index contributed by atoms with van der Waals surface area (Å²) in [6, 6.07) is 6.60. The lowest BCUT2D eigenvalue weighted by atomic mass is 9.96. The average molecular weight is 290 g/mol. The maximum Gasteiger partial charge on any atom is 0.307 e. The largest absolute Gasteiger partial charge is 0.481 e. The molecule has 0 bridgehead atoms. The van der Waals surface area contributed by atoms with Crippen LogP contribution in [0.5, 0.6) is 0 Å². The number of aliphatic carboxylic acids is 1. The molecule has 5 nitrogen and oxygen atoms in total. The van der Waals surface area contributed by atoms with Gasteiger partial charge in [0.2, 0.25) is 0 Å². The van der Waals surface area contributed by atoms with Gasteiger partial charge in [-0.15, -0.1) is 0 Å². The van der Waals surface area contributed by atoms with Gasteiger partial charge in [0.15, 0.2) is 0 Å². The van der Waals surface area contributed by atoms with Crippen LogP contribution in [-0.2, 0) is 9.53 Å². The van der Waals surface area contributed by atoms with Crippen molar-refractivity contribution < 1.29 is 14.6 Å². The number of hydrogen-bond acceptors (Lipinski definition) is 4. The highest BCUT2D eigenvalue weighted by molar-refractivity contribution is 5.71. The monoisotopic (exact) mass is 290 g/mol. The van der Waals surface area contributed by atoms with Gasteiger partial charge < -0.3 is 20.1 Å². The summed E-state index contributed by atoms with van der Waals surface area (Å²) in [6.07, 6.45) is 0.663. The van der Waals surface area contributed by atoms with Crippen LogP contribution < -0.4 is 10.2 Å². The van der Waals surface area contributed by atoms with E-state index in [-0.39, 0.29) is 12.0 Å². The molecule has 5 heteroatoms. The zero-order valence-electron chi connectivity index (χ0n) is 12.3. The SMILES string of the molecule is Cc1ccc(N2CCOCC2)c(C2CC(C(=O)O)CN2)c1. The summed E-state index contributed by atoms with van der Waals surface area (Å²) in [5.41, 5.74) is 3.65. The molecule has 1 aromatic carbocycles.